The molecule has 6 heteroatoms. The zero-order chi connectivity index (χ0) is 16.3. The van der Waals surface area contributed by atoms with Gasteiger partial charge in [-0.1, -0.05) is 32.4 Å². The van der Waals surface area contributed by atoms with Gasteiger partial charge < -0.3 is 0 Å². The lowest BCUT2D eigenvalue weighted by Crippen LogP contribution is -2.39. The van der Waals surface area contributed by atoms with E-state index in [0.29, 0.717) is 22.9 Å². The molecule has 22 heavy (non-hydrogen) atoms. The summed E-state index contributed by atoms with van der Waals surface area (Å²) in [6.45, 7) is 7.28. The average Bonchev–Trinajstić information content (AvgIpc) is 2.58. The topological polar surface area (TPSA) is 37.4 Å². The molecule has 0 amide bonds. The number of halogens is 2. The van der Waals surface area contributed by atoms with Crippen LogP contribution in [0, 0.1) is 10.8 Å². The summed E-state index contributed by atoms with van der Waals surface area (Å²) in [5.74, 6) is 0. The predicted molar refractivity (Wildman–Crippen MR) is 91.4 cm³/mol. The van der Waals surface area contributed by atoms with Gasteiger partial charge in [0.2, 0.25) is 10.0 Å². The van der Waals surface area contributed by atoms with Crippen LogP contribution >= 0.6 is 23.2 Å². The Labute approximate surface area is 143 Å². The van der Waals surface area contributed by atoms with E-state index in [1.54, 1.807) is 16.5 Å². The molecule has 1 saturated heterocycles. The summed E-state index contributed by atoms with van der Waals surface area (Å²) in [5, 5.41) is 0.0379. The van der Waals surface area contributed by atoms with Gasteiger partial charge in [0.05, 0.1) is 10.3 Å². The summed E-state index contributed by atoms with van der Waals surface area (Å²) < 4.78 is 27.9. The second kappa shape index (κ2) is 5.23. The van der Waals surface area contributed by atoms with E-state index < -0.39 is 15.4 Å². The molecule has 0 radical (unpaired) electrons. The summed E-state index contributed by atoms with van der Waals surface area (Å²) >= 11 is 12.2. The number of fused-ring (bicyclic) bond motifs is 2. The second-order valence-electron chi connectivity index (χ2n) is 8.12. The fraction of sp³-hybridized carbons (Fsp3) is 0.750. The van der Waals surface area contributed by atoms with Gasteiger partial charge in [-0.05, 0) is 42.2 Å². The molecule has 3 rings (SSSR count). The maximum atomic E-state index is 13.1. The highest BCUT2D eigenvalue weighted by Crippen LogP contribution is 2.54. The van der Waals surface area contributed by atoms with Crippen LogP contribution in [0.3, 0.4) is 0 Å². The number of nitrogens with zero attached hydrogens (tertiary/aromatic N) is 1. The minimum Gasteiger partial charge on any atom is -0.207 e. The van der Waals surface area contributed by atoms with E-state index in [-0.39, 0.29) is 16.9 Å². The quantitative estimate of drug-likeness (QED) is 0.688. The molecule has 2 bridgehead atoms. The summed E-state index contributed by atoms with van der Waals surface area (Å²) in [7, 11) is -3.52. The lowest BCUT2D eigenvalue weighted by Gasteiger charge is -2.39. The van der Waals surface area contributed by atoms with Crippen LogP contribution in [-0.2, 0) is 10.0 Å². The minimum absolute atomic E-state index is 0.0734. The van der Waals surface area contributed by atoms with E-state index >= 15 is 0 Å². The number of allylic oxidation sites excluding steroid dienone is 4. The highest BCUT2D eigenvalue weighted by Gasteiger charge is 2.53. The van der Waals surface area contributed by atoms with Gasteiger partial charge in [-0.3, -0.25) is 0 Å². The summed E-state index contributed by atoms with van der Waals surface area (Å²) in [6, 6.07) is 0.0879. The fourth-order valence-electron chi connectivity index (χ4n) is 4.69. The Balaban J connectivity index is 1.95. The molecule has 3 unspecified atom stereocenters. The van der Waals surface area contributed by atoms with Crippen molar-refractivity contribution in [3.05, 3.63) is 22.1 Å². The first-order valence-corrected chi connectivity index (χ1v) is 10.0. The van der Waals surface area contributed by atoms with Gasteiger partial charge in [-0.25, -0.2) is 8.42 Å². The molecule has 1 heterocycles. The Morgan fingerprint density at radius 3 is 2.55 bits per heavy atom. The Morgan fingerprint density at radius 1 is 1.23 bits per heavy atom. The fourth-order valence-corrected chi connectivity index (χ4v) is 7.50. The van der Waals surface area contributed by atoms with Gasteiger partial charge in [0.1, 0.15) is 0 Å². The molecule has 3 atom stereocenters. The van der Waals surface area contributed by atoms with E-state index in [1.807, 2.05) is 0 Å². The summed E-state index contributed by atoms with van der Waals surface area (Å²) in [5.41, 5.74) is 0.260. The van der Waals surface area contributed by atoms with Crippen molar-refractivity contribution >= 4 is 33.2 Å². The first-order valence-electron chi connectivity index (χ1n) is 7.75. The van der Waals surface area contributed by atoms with Crippen molar-refractivity contribution in [1.82, 2.24) is 4.31 Å². The molecule has 0 aromatic carbocycles. The largest absolute Gasteiger partial charge is 0.240 e. The molecule has 0 aromatic heterocycles. The van der Waals surface area contributed by atoms with E-state index in [1.165, 1.54) is 0 Å². The van der Waals surface area contributed by atoms with Crippen molar-refractivity contribution in [2.24, 2.45) is 10.8 Å². The third-order valence-corrected chi connectivity index (χ3v) is 7.94. The Morgan fingerprint density at radius 2 is 1.91 bits per heavy atom. The van der Waals surface area contributed by atoms with Crippen molar-refractivity contribution in [3.63, 3.8) is 0 Å². The molecule has 124 valence electrons. The molecule has 0 aromatic rings. The first kappa shape index (κ1) is 16.8. The Bertz CT molecular complexity index is 653. The highest BCUT2D eigenvalue weighted by atomic mass is 35.5. The molecular weight excluding hydrogens is 341 g/mol. The Hall–Kier alpha value is -0.0300. The average molecular weight is 364 g/mol. The number of alkyl halides is 1. The first-order chi connectivity index (χ1) is 10.0. The van der Waals surface area contributed by atoms with Crippen LogP contribution in [-0.4, -0.2) is 30.7 Å². The van der Waals surface area contributed by atoms with Gasteiger partial charge in [0.25, 0.3) is 0 Å². The van der Waals surface area contributed by atoms with Crippen molar-refractivity contribution in [1.29, 1.82) is 0 Å². The second-order valence-corrected chi connectivity index (χ2v) is 11.0. The third-order valence-electron chi connectivity index (χ3n) is 5.08. The zero-order valence-electron chi connectivity index (χ0n) is 13.3. The number of sulfonamides is 1. The third kappa shape index (κ3) is 2.88. The van der Waals surface area contributed by atoms with E-state index in [0.717, 1.165) is 19.3 Å². The summed E-state index contributed by atoms with van der Waals surface area (Å²) in [4.78, 5) is 0.299. The standard InChI is InChI=1S/C16H23Cl2NO2S/c1-15(2)7-12-8-16(3,9-15)10-19(12)22(20,21)14-5-4-11(17)6-13(14)18/h4-5,12-13H,6-10H2,1-3H3. The van der Waals surface area contributed by atoms with E-state index in [9.17, 15) is 8.42 Å². The van der Waals surface area contributed by atoms with Gasteiger partial charge in [-0.2, -0.15) is 4.31 Å². The maximum absolute atomic E-state index is 13.1. The summed E-state index contributed by atoms with van der Waals surface area (Å²) in [6.07, 6.45) is 6.55. The Kier molecular flexibility index (Phi) is 4.00. The van der Waals surface area contributed by atoms with Crippen LogP contribution < -0.4 is 0 Å². The molecule has 1 aliphatic heterocycles. The number of rotatable bonds is 2. The van der Waals surface area contributed by atoms with Crippen LogP contribution in [0.5, 0.6) is 0 Å². The normalized spacial score (nSPS) is 38.6. The number of hydrogen-bond donors (Lipinski definition) is 0. The van der Waals surface area contributed by atoms with E-state index in [2.05, 4.69) is 20.8 Å². The van der Waals surface area contributed by atoms with Gasteiger partial charge >= 0.3 is 0 Å². The van der Waals surface area contributed by atoms with E-state index in [4.69, 9.17) is 23.2 Å². The van der Waals surface area contributed by atoms with Crippen LogP contribution in [0.1, 0.15) is 46.5 Å². The molecule has 2 aliphatic carbocycles. The maximum Gasteiger partial charge on any atom is 0.240 e. The molecular formula is C16H23Cl2NO2S. The van der Waals surface area contributed by atoms with Crippen LogP contribution in [0.2, 0.25) is 0 Å². The van der Waals surface area contributed by atoms with Crippen molar-refractivity contribution < 1.29 is 8.42 Å². The van der Waals surface area contributed by atoms with Crippen LogP contribution in [0.25, 0.3) is 0 Å². The smallest absolute Gasteiger partial charge is 0.207 e. The predicted octanol–water partition coefficient (Wildman–Crippen LogP) is 4.23. The monoisotopic (exact) mass is 363 g/mol. The molecule has 1 saturated carbocycles. The SMILES string of the molecule is CC1(C)CC2CC(C)(CN2S(=O)(=O)C2=CC=C(Cl)CC2Cl)C1. The highest BCUT2D eigenvalue weighted by molar-refractivity contribution is 7.93. The minimum atomic E-state index is -3.52. The van der Waals surface area contributed by atoms with Crippen molar-refractivity contribution in [2.75, 3.05) is 6.54 Å². The van der Waals surface area contributed by atoms with Gasteiger partial charge in [0.15, 0.2) is 0 Å². The lowest BCUT2D eigenvalue weighted by molar-refractivity contribution is 0.133. The molecule has 2 fully saturated rings. The van der Waals surface area contributed by atoms with Crippen LogP contribution in [0.4, 0.5) is 0 Å². The lowest BCUT2D eigenvalue weighted by atomic mass is 9.65. The molecule has 0 N–H and O–H groups in total. The zero-order valence-corrected chi connectivity index (χ0v) is 15.6. The molecule has 3 nitrogen and oxygen atoms in total. The van der Waals surface area contributed by atoms with Crippen molar-refractivity contribution in [2.45, 2.75) is 57.9 Å². The molecule has 3 aliphatic rings. The number of hydrogen-bond acceptors (Lipinski definition) is 2. The molecule has 0 spiro atoms. The van der Waals surface area contributed by atoms with Gasteiger partial charge in [-0.15, -0.1) is 11.6 Å². The van der Waals surface area contributed by atoms with Gasteiger partial charge in [0, 0.05) is 24.0 Å². The van der Waals surface area contributed by atoms with Crippen LogP contribution in [0.15, 0.2) is 22.1 Å². The van der Waals surface area contributed by atoms with Crippen molar-refractivity contribution in [3.8, 4) is 0 Å².